The number of nitrogens with one attached hydrogen (secondary N) is 1. The number of hydrogen-bond donors (Lipinski definition) is 1. The van der Waals surface area contributed by atoms with Crippen LogP contribution in [0.25, 0.3) is 16.7 Å². The molecule has 0 aliphatic heterocycles. The molecule has 8 heteroatoms. The van der Waals surface area contributed by atoms with Crippen molar-refractivity contribution in [3.05, 3.63) is 47.0 Å². The number of H-pyrrole nitrogens is 1. The molecule has 118 valence electrons. The Morgan fingerprint density at radius 3 is 2.83 bits per heavy atom. The number of nitrogens with zero attached hydrogens (tertiary/aromatic N) is 3. The van der Waals surface area contributed by atoms with Gasteiger partial charge in [0.1, 0.15) is 16.9 Å². The molecule has 0 atom stereocenters. The Labute approximate surface area is 135 Å². The van der Waals surface area contributed by atoms with E-state index in [1.807, 2.05) is 30.3 Å². The zero-order chi connectivity index (χ0) is 16.2. The van der Waals surface area contributed by atoms with Gasteiger partial charge in [0, 0.05) is 0 Å². The van der Waals surface area contributed by atoms with Gasteiger partial charge in [0.2, 0.25) is 0 Å². The summed E-state index contributed by atoms with van der Waals surface area (Å²) in [5, 5.41) is 3.55. The number of rotatable bonds is 5. The number of esters is 1. The van der Waals surface area contributed by atoms with E-state index >= 15 is 0 Å². The Balaban J connectivity index is 1.98. The van der Waals surface area contributed by atoms with Gasteiger partial charge in [0.25, 0.3) is 5.56 Å². The molecule has 0 saturated heterocycles. The molecule has 0 bridgehead atoms. The van der Waals surface area contributed by atoms with Crippen LogP contribution < -0.4 is 5.56 Å². The monoisotopic (exact) mass is 330 g/mol. The number of carbonyl (C=O) groups excluding carboxylic acids is 1. The first-order valence-electron chi connectivity index (χ1n) is 7.00. The molecule has 1 N–H and O–H groups in total. The Morgan fingerprint density at radius 1 is 1.30 bits per heavy atom. The molecule has 0 radical (unpaired) electrons. The fraction of sp³-hybridized carbons (Fsp3) is 0.200. The second-order valence-corrected chi connectivity index (χ2v) is 5.55. The molecular formula is C15H14N4O3S. The van der Waals surface area contributed by atoms with Gasteiger partial charge in [0.05, 0.1) is 18.0 Å². The van der Waals surface area contributed by atoms with Gasteiger partial charge < -0.3 is 4.74 Å². The van der Waals surface area contributed by atoms with Crippen LogP contribution in [-0.2, 0) is 9.53 Å². The standard InChI is InChI=1S/C15H14N4O3S/c1-2-22-11(20)8-23-14-12-13(16-9-17-14)15(21)19(18-12)10-6-4-3-5-7-10/h3-7,9,18H,2,8H2,1H3. The Kier molecular flexibility index (Phi) is 4.42. The third-order valence-corrected chi connectivity index (χ3v) is 4.05. The van der Waals surface area contributed by atoms with E-state index in [2.05, 4.69) is 15.1 Å². The summed E-state index contributed by atoms with van der Waals surface area (Å²) in [7, 11) is 0. The van der Waals surface area contributed by atoms with Crippen molar-refractivity contribution in [3.8, 4) is 5.69 Å². The minimum Gasteiger partial charge on any atom is -0.465 e. The largest absolute Gasteiger partial charge is 0.465 e. The number of para-hydroxylation sites is 1. The van der Waals surface area contributed by atoms with Crippen molar-refractivity contribution in [1.29, 1.82) is 0 Å². The maximum absolute atomic E-state index is 12.5. The molecule has 3 aromatic rings. The molecule has 7 nitrogen and oxygen atoms in total. The van der Waals surface area contributed by atoms with Gasteiger partial charge in [0.15, 0.2) is 5.52 Å². The van der Waals surface area contributed by atoms with Crippen molar-refractivity contribution in [2.45, 2.75) is 11.9 Å². The van der Waals surface area contributed by atoms with Crippen LogP contribution in [0.3, 0.4) is 0 Å². The van der Waals surface area contributed by atoms with Gasteiger partial charge in [-0.15, -0.1) is 0 Å². The lowest BCUT2D eigenvalue weighted by atomic mass is 10.3. The van der Waals surface area contributed by atoms with Crippen molar-refractivity contribution in [2.24, 2.45) is 0 Å². The van der Waals surface area contributed by atoms with Crippen LogP contribution in [0.4, 0.5) is 0 Å². The van der Waals surface area contributed by atoms with Crippen LogP contribution >= 0.6 is 11.8 Å². The highest BCUT2D eigenvalue weighted by atomic mass is 32.2. The van der Waals surface area contributed by atoms with Crippen molar-refractivity contribution < 1.29 is 9.53 Å². The molecule has 0 amide bonds. The van der Waals surface area contributed by atoms with Gasteiger partial charge in [-0.25, -0.2) is 14.6 Å². The van der Waals surface area contributed by atoms with Crippen molar-refractivity contribution in [3.63, 3.8) is 0 Å². The summed E-state index contributed by atoms with van der Waals surface area (Å²) in [6.45, 7) is 2.09. The number of benzene rings is 1. The highest BCUT2D eigenvalue weighted by Gasteiger charge is 2.15. The van der Waals surface area contributed by atoms with E-state index in [9.17, 15) is 9.59 Å². The van der Waals surface area contributed by atoms with Gasteiger partial charge >= 0.3 is 5.97 Å². The second kappa shape index (κ2) is 6.66. The molecule has 0 unspecified atom stereocenters. The summed E-state index contributed by atoms with van der Waals surface area (Å²) in [5.74, 6) is -0.201. The Bertz CT molecular complexity index is 889. The van der Waals surface area contributed by atoms with Gasteiger partial charge in [-0.2, -0.15) is 0 Å². The predicted octanol–water partition coefficient (Wildman–Crippen LogP) is 1.76. The number of ether oxygens (including phenoxy) is 1. The van der Waals surface area contributed by atoms with Crippen molar-refractivity contribution >= 4 is 28.8 Å². The van der Waals surface area contributed by atoms with Gasteiger partial charge in [-0.1, -0.05) is 30.0 Å². The Hall–Kier alpha value is -2.61. The lowest BCUT2D eigenvalue weighted by Gasteiger charge is -2.02. The number of aromatic amines is 1. The Morgan fingerprint density at radius 2 is 2.09 bits per heavy atom. The highest BCUT2D eigenvalue weighted by Crippen LogP contribution is 2.22. The number of carbonyl (C=O) groups is 1. The summed E-state index contributed by atoms with van der Waals surface area (Å²) in [6.07, 6.45) is 1.32. The lowest BCUT2D eigenvalue weighted by molar-refractivity contribution is -0.139. The topological polar surface area (TPSA) is 89.9 Å². The van der Waals surface area contributed by atoms with Crippen LogP contribution in [0.15, 0.2) is 46.5 Å². The molecule has 2 heterocycles. The van der Waals surface area contributed by atoms with E-state index in [4.69, 9.17) is 4.74 Å². The average Bonchev–Trinajstić information content (AvgIpc) is 2.92. The molecule has 0 aliphatic rings. The summed E-state index contributed by atoms with van der Waals surface area (Å²) in [5.41, 5.74) is 1.24. The molecule has 23 heavy (non-hydrogen) atoms. The van der Waals surface area contributed by atoms with Gasteiger partial charge in [-0.05, 0) is 19.1 Å². The van der Waals surface area contributed by atoms with E-state index < -0.39 is 0 Å². The zero-order valence-corrected chi connectivity index (χ0v) is 13.2. The van der Waals surface area contributed by atoms with Gasteiger partial charge in [-0.3, -0.25) is 14.7 Å². The molecule has 0 spiro atoms. The van der Waals surface area contributed by atoms with E-state index in [-0.39, 0.29) is 22.8 Å². The molecular weight excluding hydrogens is 316 g/mol. The maximum atomic E-state index is 12.5. The summed E-state index contributed by atoms with van der Waals surface area (Å²) >= 11 is 1.21. The molecule has 0 aliphatic carbocycles. The molecule has 0 fully saturated rings. The first-order chi connectivity index (χ1) is 11.2. The number of hydrogen-bond acceptors (Lipinski definition) is 6. The first-order valence-corrected chi connectivity index (χ1v) is 7.99. The summed E-state index contributed by atoms with van der Waals surface area (Å²) in [6, 6.07) is 9.19. The number of aromatic nitrogens is 4. The lowest BCUT2D eigenvalue weighted by Crippen LogP contribution is -2.14. The second-order valence-electron chi connectivity index (χ2n) is 4.58. The van der Waals surface area contributed by atoms with E-state index in [1.165, 1.54) is 22.8 Å². The highest BCUT2D eigenvalue weighted by molar-refractivity contribution is 8.00. The minimum atomic E-state index is -0.325. The average molecular weight is 330 g/mol. The molecule has 1 aromatic carbocycles. The maximum Gasteiger partial charge on any atom is 0.316 e. The van der Waals surface area contributed by atoms with Crippen LogP contribution in [-0.4, -0.2) is 38.1 Å². The first kappa shape index (κ1) is 15.3. The number of thioether (sulfide) groups is 1. The summed E-state index contributed by atoms with van der Waals surface area (Å²) < 4.78 is 6.30. The molecule has 0 saturated carbocycles. The SMILES string of the molecule is CCOC(=O)CSc1ncnc2c(=O)n(-c3ccccc3)[nH]c12. The van der Waals surface area contributed by atoms with Crippen LogP contribution in [0.2, 0.25) is 0 Å². The minimum absolute atomic E-state index is 0.124. The van der Waals surface area contributed by atoms with Crippen LogP contribution in [0.5, 0.6) is 0 Å². The quantitative estimate of drug-likeness (QED) is 0.435. The normalized spacial score (nSPS) is 10.8. The zero-order valence-electron chi connectivity index (χ0n) is 12.4. The third-order valence-electron chi connectivity index (χ3n) is 3.09. The predicted molar refractivity (Wildman–Crippen MR) is 86.8 cm³/mol. The van der Waals surface area contributed by atoms with E-state index in [0.717, 1.165) is 0 Å². The smallest absolute Gasteiger partial charge is 0.316 e. The summed E-state index contributed by atoms with van der Waals surface area (Å²) in [4.78, 5) is 32.1. The molecule has 2 aromatic heterocycles. The molecule has 3 rings (SSSR count). The third kappa shape index (κ3) is 3.11. The fourth-order valence-electron chi connectivity index (χ4n) is 2.10. The van der Waals surface area contributed by atoms with E-state index in [1.54, 1.807) is 6.92 Å². The van der Waals surface area contributed by atoms with Crippen LogP contribution in [0.1, 0.15) is 6.92 Å². The van der Waals surface area contributed by atoms with Crippen LogP contribution in [0, 0.1) is 0 Å². The van der Waals surface area contributed by atoms with Crippen molar-refractivity contribution in [1.82, 2.24) is 19.7 Å². The van der Waals surface area contributed by atoms with E-state index in [0.29, 0.717) is 22.8 Å². The van der Waals surface area contributed by atoms with Crippen molar-refractivity contribution in [2.75, 3.05) is 12.4 Å². The number of fused-ring (bicyclic) bond motifs is 1. The fourth-order valence-corrected chi connectivity index (χ4v) is 2.85.